The van der Waals surface area contributed by atoms with Gasteiger partial charge >= 0.3 is 0 Å². The molecule has 1 aromatic rings. The van der Waals surface area contributed by atoms with Gasteiger partial charge in [0, 0.05) is 5.75 Å². The Hall–Kier alpha value is -1.27. The number of nitrogens with zero attached hydrogens (tertiary/aromatic N) is 2. The van der Waals surface area contributed by atoms with Crippen LogP contribution in [0.1, 0.15) is 11.1 Å². The van der Waals surface area contributed by atoms with Gasteiger partial charge in [-0.1, -0.05) is 29.5 Å². The van der Waals surface area contributed by atoms with Gasteiger partial charge in [0.2, 0.25) is 0 Å². The van der Waals surface area contributed by atoms with Gasteiger partial charge in [0.1, 0.15) is 6.07 Å². The Balaban J connectivity index is 2.50. The molecule has 0 N–H and O–H groups in total. The monoisotopic (exact) mass is 188 g/mol. The molecule has 0 unspecified atom stereocenters. The first-order valence-electron chi connectivity index (χ1n) is 4.01. The maximum atomic E-state index is 8.67. The molecule has 0 amide bonds. The van der Waals surface area contributed by atoms with Crippen molar-refractivity contribution < 1.29 is 0 Å². The molecular weight excluding hydrogens is 180 g/mol. The van der Waals surface area contributed by atoms with Gasteiger partial charge in [-0.2, -0.15) is 5.26 Å². The van der Waals surface area contributed by atoms with E-state index in [4.69, 9.17) is 5.26 Å². The first-order valence-corrected chi connectivity index (χ1v) is 4.99. The van der Waals surface area contributed by atoms with Crippen LogP contribution in [0.25, 0.3) is 0 Å². The summed E-state index contributed by atoms with van der Waals surface area (Å²) in [5, 5.41) is 9.24. The standard InChI is InChI=1S/C10H8N2S/c1-7-2-3-9-8(4-7)6-13-10(5-11)12-9/h2-4H,6H2,1H3. The molecule has 0 saturated heterocycles. The maximum Gasteiger partial charge on any atom is 0.174 e. The van der Waals surface area contributed by atoms with Gasteiger partial charge < -0.3 is 0 Å². The molecule has 2 rings (SSSR count). The number of thioether (sulfide) groups is 1. The molecule has 2 nitrogen and oxygen atoms in total. The Bertz CT molecular complexity index is 415. The third kappa shape index (κ3) is 1.58. The first-order chi connectivity index (χ1) is 6.29. The van der Waals surface area contributed by atoms with Crippen molar-refractivity contribution in [2.75, 3.05) is 0 Å². The summed E-state index contributed by atoms with van der Waals surface area (Å²) in [4.78, 5) is 4.22. The summed E-state index contributed by atoms with van der Waals surface area (Å²) in [6.45, 7) is 2.06. The number of rotatable bonds is 0. The van der Waals surface area contributed by atoms with Crippen LogP contribution in [0.2, 0.25) is 0 Å². The van der Waals surface area contributed by atoms with Crippen molar-refractivity contribution in [2.45, 2.75) is 12.7 Å². The number of aliphatic imine (C=N–C) groups is 1. The van der Waals surface area contributed by atoms with Gasteiger partial charge in [0.25, 0.3) is 0 Å². The molecule has 1 aliphatic rings. The quantitative estimate of drug-likeness (QED) is 0.627. The second-order valence-corrected chi connectivity index (χ2v) is 3.91. The average molecular weight is 188 g/mol. The predicted octanol–water partition coefficient (Wildman–Crippen LogP) is 2.80. The fourth-order valence-corrected chi connectivity index (χ4v) is 2.03. The van der Waals surface area contributed by atoms with E-state index in [1.54, 1.807) is 0 Å². The van der Waals surface area contributed by atoms with Crippen LogP contribution in [0, 0.1) is 18.3 Å². The fourth-order valence-electron chi connectivity index (χ4n) is 1.28. The number of nitriles is 1. The van der Waals surface area contributed by atoms with Gasteiger partial charge in [-0.05, 0) is 18.6 Å². The highest BCUT2D eigenvalue weighted by atomic mass is 32.2. The Morgan fingerprint density at radius 3 is 3.15 bits per heavy atom. The Labute approximate surface area is 81.3 Å². The van der Waals surface area contributed by atoms with Crippen molar-refractivity contribution >= 4 is 22.5 Å². The van der Waals surface area contributed by atoms with Gasteiger partial charge in [0.15, 0.2) is 5.04 Å². The molecule has 1 heterocycles. The van der Waals surface area contributed by atoms with Crippen LogP contribution >= 0.6 is 11.8 Å². The summed E-state index contributed by atoms with van der Waals surface area (Å²) in [5.74, 6) is 0.864. The third-order valence-electron chi connectivity index (χ3n) is 1.92. The molecule has 1 aliphatic heterocycles. The van der Waals surface area contributed by atoms with E-state index in [1.807, 2.05) is 12.1 Å². The average Bonchev–Trinajstić information content (AvgIpc) is 2.17. The molecule has 0 aliphatic carbocycles. The van der Waals surface area contributed by atoms with Crippen molar-refractivity contribution in [3.8, 4) is 6.07 Å². The number of fused-ring (bicyclic) bond motifs is 1. The van der Waals surface area contributed by atoms with E-state index in [1.165, 1.54) is 22.9 Å². The van der Waals surface area contributed by atoms with Crippen LogP contribution in [0.15, 0.2) is 23.2 Å². The minimum atomic E-state index is 0.566. The summed E-state index contributed by atoms with van der Waals surface area (Å²) >= 11 is 1.50. The van der Waals surface area contributed by atoms with E-state index >= 15 is 0 Å². The smallest absolute Gasteiger partial charge is 0.174 e. The lowest BCUT2D eigenvalue weighted by Gasteiger charge is -2.11. The largest absolute Gasteiger partial charge is 0.230 e. The van der Waals surface area contributed by atoms with Gasteiger partial charge in [-0.15, -0.1) is 0 Å². The Morgan fingerprint density at radius 2 is 2.38 bits per heavy atom. The molecule has 1 aromatic carbocycles. The summed E-state index contributed by atoms with van der Waals surface area (Å²) in [7, 11) is 0. The van der Waals surface area contributed by atoms with E-state index in [9.17, 15) is 0 Å². The third-order valence-corrected chi connectivity index (χ3v) is 2.83. The van der Waals surface area contributed by atoms with E-state index in [0.29, 0.717) is 5.04 Å². The summed E-state index contributed by atoms with van der Waals surface area (Å²) in [5.41, 5.74) is 3.42. The van der Waals surface area contributed by atoms with Crippen LogP contribution in [0.5, 0.6) is 0 Å². The van der Waals surface area contributed by atoms with Crippen LogP contribution in [0.4, 0.5) is 5.69 Å². The van der Waals surface area contributed by atoms with E-state index < -0.39 is 0 Å². The zero-order chi connectivity index (χ0) is 9.26. The summed E-state index contributed by atoms with van der Waals surface area (Å²) in [6.07, 6.45) is 0. The van der Waals surface area contributed by atoms with E-state index in [-0.39, 0.29) is 0 Å². The van der Waals surface area contributed by atoms with E-state index in [0.717, 1.165) is 11.4 Å². The second-order valence-electron chi connectivity index (χ2n) is 2.95. The lowest BCUT2D eigenvalue weighted by atomic mass is 10.1. The highest BCUT2D eigenvalue weighted by Crippen LogP contribution is 2.31. The fraction of sp³-hybridized carbons (Fsp3) is 0.200. The molecule has 3 heteroatoms. The maximum absolute atomic E-state index is 8.67. The SMILES string of the molecule is Cc1ccc2c(c1)CSC(C#N)=N2. The topological polar surface area (TPSA) is 36.1 Å². The van der Waals surface area contributed by atoms with Gasteiger partial charge in [-0.3, -0.25) is 0 Å². The molecule has 0 radical (unpaired) electrons. The molecule has 0 saturated carbocycles. The zero-order valence-corrected chi connectivity index (χ0v) is 8.06. The normalized spacial score (nSPS) is 14.3. The number of hydrogen-bond acceptors (Lipinski definition) is 3. The van der Waals surface area contributed by atoms with Crippen molar-refractivity contribution in [3.63, 3.8) is 0 Å². The highest BCUT2D eigenvalue weighted by Gasteiger charge is 2.11. The minimum Gasteiger partial charge on any atom is -0.230 e. The second kappa shape index (κ2) is 3.23. The summed E-state index contributed by atoms with van der Waals surface area (Å²) in [6, 6.07) is 8.19. The highest BCUT2D eigenvalue weighted by molar-refractivity contribution is 8.13. The lowest BCUT2D eigenvalue weighted by Crippen LogP contribution is -1.96. The predicted molar refractivity (Wildman–Crippen MR) is 55.2 cm³/mol. The first kappa shape index (κ1) is 8.33. The van der Waals surface area contributed by atoms with Crippen molar-refractivity contribution in [3.05, 3.63) is 29.3 Å². The molecule has 0 fully saturated rings. The van der Waals surface area contributed by atoms with E-state index in [2.05, 4.69) is 24.1 Å². The number of hydrogen-bond donors (Lipinski definition) is 0. The number of benzene rings is 1. The minimum absolute atomic E-state index is 0.566. The van der Waals surface area contributed by atoms with Crippen LogP contribution in [-0.2, 0) is 5.75 Å². The van der Waals surface area contributed by atoms with Crippen LogP contribution in [0.3, 0.4) is 0 Å². The van der Waals surface area contributed by atoms with Crippen molar-refractivity contribution in [2.24, 2.45) is 4.99 Å². The molecule has 0 aromatic heterocycles. The van der Waals surface area contributed by atoms with Crippen molar-refractivity contribution in [1.82, 2.24) is 0 Å². The molecule has 0 atom stereocenters. The number of aryl methyl sites for hydroxylation is 1. The van der Waals surface area contributed by atoms with Crippen LogP contribution in [-0.4, -0.2) is 5.04 Å². The molecule has 0 bridgehead atoms. The summed E-state index contributed by atoms with van der Waals surface area (Å²) < 4.78 is 0. The van der Waals surface area contributed by atoms with Crippen molar-refractivity contribution in [1.29, 1.82) is 5.26 Å². The molecule has 13 heavy (non-hydrogen) atoms. The lowest BCUT2D eigenvalue weighted by molar-refractivity contribution is 1.31. The van der Waals surface area contributed by atoms with Gasteiger partial charge in [-0.25, -0.2) is 4.99 Å². The van der Waals surface area contributed by atoms with Gasteiger partial charge in [0.05, 0.1) is 5.69 Å². The Morgan fingerprint density at radius 1 is 1.54 bits per heavy atom. The van der Waals surface area contributed by atoms with Crippen LogP contribution < -0.4 is 0 Å². The molecular formula is C10H8N2S. The molecule has 64 valence electrons. The molecule has 0 spiro atoms. The Kier molecular flexibility index (Phi) is 2.07. The zero-order valence-electron chi connectivity index (χ0n) is 7.24.